The molecule has 0 radical (unpaired) electrons. The van der Waals surface area contributed by atoms with E-state index in [9.17, 15) is 4.39 Å². The molecule has 0 heterocycles. The summed E-state index contributed by atoms with van der Waals surface area (Å²) < 4.78 is 20.2. The van der Waals surface area contributed by atoms with Gasteiger partial charge in [-0.05, 0) is 37.6 Å². The summed E-state index contributed by atoms with van der Waals surface area (Å²) in [6, 6.07) is 10.3. The van der Waals surface area contributed by atoms with Gasteiger partial charge in [0.2, 0.25) is 0 Å². The average molecular weight is 373 g/mol. The molecule has 0 aliphatic carbocycles. The number of hydrogen-bond acceptors (Lipinski definition) is 2. The maximum absolute atomic E-state index is 13.8. The zero-order valence-corrected chi connectivity index (χ0v) is 13.9. The van der Waals surface area contributed by atoms with Crippen molar-refractivity contribution >= 4 is 27.5 Å². The highest BCUT2D eigenvalue weighted by Gasteiger charge is 2.11. The van der Waals surface area contributed by atoms with Crippen molar-refractivity contribution in [2.75, 3.05) is 0 Å². The number of nitrogens with two attached hydrogens (primary N) is 1. The summed E-state index contributed by atoms with van der Waals surface area (Å²) in [5, 5.41) is 0.612. The van der Waals surface area contributed by atoms with E-state index in [2.05, 4.69) is 15.9 Å². The predicted octanol–water partition coefficient (Wildman–Crippen LogP) is 4.71. The van der Waals surface area contributed by atoms with Gasteiger partial charge in [0.05, 0.1) is 0 Å². The second kappa shape index (κ2) is 7.25. The van der Waals surface area contributed by atoms with Gasteiger partial charge in [0.25, 0.3) is 0 Å². The van der Waals surface area contributed by atoms with Crippen molar-refractivity contribution < 1.29 is 9.13 Å². The van der Waals surface area contributed by atoms with Crippen molar-refractivity contribution in [2.24, 2.45) is 5.73 Å². The van der Waals surface area contributed by atoms with Gasteiger partial charge in [0, 0.05) is 26.7 Å². The molecule has 0 aliphatic rings. The molecule has 0 spiro atoms. The Hall–Kier alpha value is -1.10. The van der Waals surface area contributed by atoms with Crippen molar-refractivity contribution in [2.45, 2.75) is 26.0 Å². The van der Waals surface area contributed by atoms with Crippen LogP contribution in [0.5, 0.6) is 5.75 Å². The van der Waals surface area contributed by atoms with Crippen LogP contribution in [0, 0.1) is 5.82 Å². The topological polar surface area (TPSA) is 35.2 Å². The third-order valence-corrected chi connectivity index (χ3v) is 3.85. The van der Waals surface area contributed by atoms with Gasteiger partial charge in [-0.15, -0.1) is 0 Å². The van der Waals surface area contributed by atoms with Crippen LogP contribution in [-0.2, 0) is 13.0 Å². The molecule has 0 amide bonds. The Bertz CT molecular complexity index is 634. The Labute approximate surface area is 137 Å². The van der Waals surface area contributed by atoms with Crippen LogP contribution in [-0.4, -0.2) is 6.04 Å². The summed E-state index contributed by atoms with van der Waals surface area (Å²) in [7, 11) is 0. The van der Waals surface area contributed by atoms with E-state index in [0.29, 0.717) is 27.2 Å². The van der Waals surface area contributed by atoms with Gasteiger partial charge in [-0.3, -0.25) is 0 Å². The van der Waals surface area contributed by atoms with Crippen molar-refractivity contribution in [1.29, 1.82) is 0 Å². The largest absolute Gasteiger partial charge is 0.488 e. The molecule has 0 aromatic heterocycles. The normalized spacial score (nSPS) is 12.2. The Kier molecular flexibility index (Phi) is 5.62. The van der Waals surface area contributed by atoms with Crippen LogP contribution in [0.25, 0.3) is 0 Å². The lowest BCUT2D eigenvalue weighted by atomic mass is 10.1. The average Bonchev–Trinajstić information content (AvgIpc) is 2.40. The molecular formula is C16H16BrClFNO. The molecule has 2 aromatic rings. The summed E-state index contributed by atoms with van der Waals surface area (Å²) in [6.07, 6.45) is 0.609. The van der Waals surface area contributed by atoms with Crippen LogP contribution < -0.4 is 10.5 Å². The monoisotopic (exact) mass is 371 g/mol. The van der Waals surface area contributed by atoms with E-state index in [1.807, 2.05) is 13.0 Å². The SMILES string of the molecule is CC(N)Cc1c(Cl)cccc1OCc1ccc(Br)cc1F. The van der Waals surface area contributed by atoms with E-state index in [4.69, 9.17) is 22.1 Å². The Balaban J connectivity index is 2.18. The van der Waals surface area contributed by atoms with Crippen LogP contribution in [0.4, 0.5) is 4.39 Å². The number of ether oxygens (including phenoxy) is 1. The fourth-order valence-electron chi connectivity index (χ4n) is 1.99. The zero-order chi connectivity index (χ0) is 15.4. The van der Waals surface area contributed by atoms with E-state index >= 15 is 0 Å². The molecule has 1 atom stereocenters. The predicted molar refractivity (Wildman–Crippen MR) is 87.2 cm³/mol. The second-order valence-electron chi connectivity index (χ2n) is 4.92. The molecule has 5 heteroatoms. The van der Waals surface area contributed by atoms with E-state index < -0.39 is 0 Å². The maximum Gasteiger partial charge on any atom is 0.130 e. The van der Waals surface area contributed by atoms with Crippen molar-refractivity contribution in [1.82, 2.24) is 0 Å². The summed E-state index contributed by atoms with van der Waals surface area (Å²) in [6.45, 7) is 2.05. The molecule has 0 bridgehead atoms. The molecule has 0 saturated heterocycles. The van der Waals surface area contributed by atoms with Crippen LogP contribution in [0.1, 0.15) is 18.1 Å². The highest BCUT2D eigenvalue weighted by Crippen LogP contribution is 2.28. The van der Waals surface area contributed by atoms with Crippen LogP contribution >= 0.6 is 27.5 Å². The number of halogens is 3. The standard InChI is InChI=1S/C16H16BrClFNO/c1-10(20)7-13-14(18)3-2-4-16(13)21-9-11-5-6-12(17)8-15(11)19/h2-6,8,10H,7,9,20H2,1H3. The molecule has 21 heavy (non-hydrogen) atoms. The van der Waals surface area contributed by atoms with Gasteiger partial charge in [-0.1, -0.05) is 39.7 Å². The number of benzene rings is 2. The van der Waals surface area contributed by atoms with Crippen LogP contribution in [0.2, 0.25) is 5.02 Å². The molecule has 0 saturated carbocycles. The molecule has 0 aliphatic heterocycles. The van der Waals surface area contributed by atoms with Gasteiger partial charge in [0.1, 0.15) is 18.2 Å². The highest BCUT2D eigenvalue weighted by molar-refractivity contribution is 9.10. The summed E-state index contributed by atoms with van der Waals surface area (Å²) in [5.74, 6) is 0.335. The molecule has 2 N–H and O–H groups in total. The van der Waals surface area contributed by atoms with Gasteiger partial charge in [-0.2, -0.15) is 0 Å². The lowest BCUT2D eigenvalue weighted by Gasteiger charge is -2.15. The lowest BCUT2D eigenvalue weighted by molar-refractivity contribution is 0.296. The van der Waals surface area contributed by atoms with Gasteiger partial charge in [-0.25, -0.2) is 4.39 Å². The first-order chi connectivity index (χ1) is 9.97. The van der Waals surface area contributed by atoms with E-state index in [-0.39, 0.29) is 18.5 Å². The fourth-order valence-corrected chi connectivity index (χ4v) is 2.56. The quantitative estimate of drug-likeness (QED) is 0.825. The third-order valence-electron chi connectivity index (χ3n) is 3.00. The second-order valence-corrected chi connectivity index (χ2v) is 6.25. The van der Waals surface area contributed by atoms with Crippen molar-refractivity contribution in [3.63, 3.8) is 0 Å². The summed E-state index contributed by atoms with van der Waals surface area (Å²) >= 11 is 9.42. The van der Waals surface area contributed by atoms with Gasteiger partial charge < -0.3 is 10.5 Å². The van der Waals surface area contributed by atoms with E-state index in [0.717, 1.165) is 5.56 Å². The maximum atomic E-state index is 13.8. The lowest BCUT2D eigenvalue weighted by Crippen LogP contribution is -2.18. The summed E-state index contributed by atoms with van der Waals surface area (Å²) in [5.41, 5.74) is 7.17. The van der Waals surface area contributed by atoms with Gasteiger partial charge >= 0.3 is 0 Å². The third kappa shape index (κ3) is 4.43. The first-order valence-electron chi connectivity index (χ1n) is 6.57. The molecule has 112 valence electrons. The molecule has 2 rings (SSSR count). The highest BCUT2D eigenvalue weighted by atomic mass is 79.9. The van der Waals surface area contributed by atoms with Crippen molar-refractivity contribution in [3.8, 4) is 5.75 Å². The van der Waals surface area contributed by atoms with Crippen molar-refractivity contribution in [3.05, 3.63) is 62.8 Å². The van der Waals surface area contributed by atoms with Gasteiger partial charge in [0.15, 0.2) is 0 Å². The minimum atomic E-state index is -0.305. The molecule has 1 unspecified atom stereocenters. The van der Waals surface area contributed by atoms with E-state index in [1.54, 1.807) is 24.3 Å². The van der Waals surface area contributed by atoms with Crippen LogP contribution in [0.3, 0.4) is 0 Å². The first kappa shape index (κ1) is 16.3. The minimum Gasteiger partial charge on any atom is -0.488 e. The Morgan fingerprint density at radius 3 is 2.76 bits per heavy atom. The molecule has 0 fully saturated rings. The van der Waals surface area contributed by atoms with E-state index in [1.165, 1.54) is 6.07 Å². The molecule has 2 nitrogen and oxygen atoms in total. The summed E-state index contributed by atoms with van der Waals surface area (Å²) in [4.78, 5) is 0. The van der Waals surface area contributed by atoms with Crippen LogP contribution in [0.15, 0.2) is 40.9 Å². The minimum absolute atomic E-state index is 0.0309. The first-order valence-corrected chi connectivity index (χ1v) is 7.74. The Morgan fingerprint density at radius 2 is 2.10 bits per heavy atom. The number of hydrogen-bond donors (Lipinski definition) is 1. The molecular weight excluding hydrogens is 357 g/mol. The molecule has 2 aromatic carbocycles. The fraction of sp³-hybridized carbons (Fsp3) is 0.250. The smallest absolute Gasteiger partial charge is 0.130 e. The number of rotatable bonds is 5. The zero-order valence-electron chi connectivity index (χ0n) is 11.6. The Morgan fingerprint density at radius 1 is 1.33 bits per heavy atom.